The van der Waals surface area contributed by atoms with E-state index in [9.17, 15) is 14.4 Å². The maximum atomic E-state index is 12.8. The molecule has 0 aliphatic carbocycles. The Morgan fingerprint density at radius 3 is 0.794 bits per heavy atom. The fourth-order valence-corrected chi connectivity index (χ4v) is 8.50. The molecule has 1 atom stereocenters. The maximum Gasteiger partial charge on any atom is 0.306 e. The molecular formula is C57H108O6. The molecule has 0 fully saturated rings. The van der Waals surface area contributed by atoms with Crippen LogP contribution >= 0.6 is 0 Å². The Kier molecular flexibility index (Phi) is 51.2. The minimum absolute atomic E-state index is 0.0647. The van der Waals surface area contributed by atoms with Crippen LogP contribution in [0.2, 0.25) is 0 Å². The first-order valence-corrected chi connectivity index (χ1v) is 28.2. The molecule has 0 saturated heterocycles. The topological polar surface area (TPSA) is 78.9 Å². The van der Waals surface area contributed by atoms with Crippen LogP contribution in [-0.4, -0.2) is 37.2 Å². The van der Waals surface area contributed by atoms with E-state index >= 15 is 0 Å². The molecule has 0 aromatic carbocycles. The van der Waals surface area contributed by atoms with Gasteiger partial charge in [0.05, 0.1) is 0 Å². The van der Waals surface area contributed by atoms with Crippen LogP contribution in [0, 0.1) is 0 Å². The molecule has 63 heavy (non-hydrogen) atoms. The van der Waals surface area contributed by atoms with E-state index in [1.54, 1.807) is 0 Å². The summed E-state index contributed by atoms with van der Waals surface area (Å²) in [6.45, 7) is 6.68. The minimum Gasteiger partial charge on any atom is -0.462 e. The number of rotatable bonds is 52. The summed E-state index contributed by atoms with van der Waals surface area (Å²) in [5.74, 6) is -0.846. The second-order valence-electron chi connectivity index (χ2n) is 19.2. The van der Waals surface area contributed by atoms with Crippen LogP contribution in [0.3, 0.4) is 0 Å². The fraction of sp³-hybridized carbons (Fsp3) is 0.912. The van der Waals surface area contributed by atoms with Gasteiger partial charge >= 0.3 is 17.9 Å². The molecule has 0 aromatic heterocycles. The lowest BCUT2D eigenvalue weighted by Crippen LogP contribution is -2.30. The molecule has 0 heterocycles. The van der Waals surface area contributed by atoms with Gasteiger partial charge in [-0.25, -0.2) is 0 Å². The first kappa shape index (κ1) is 61.1. The molecule has 0 spiro atoms. The molecule has 0 saturated carbocycles. The summed E-state index contributed by atoms with van der Waals surface area (Å²) in [5, 5.41) is 0. The van der Waals surface area contributed by atoms with Crippen molar-refractivity contribution in [2.45, 2.75) is 322 Å². The Morgan fingerprint density at radius 2 is 0.524 bits per heavy atom. The summed E-state index contributed by atoms with van der Waals surface area (Å²) in [4.78, 5) is 38.0. The van der Waals surface area contributed by atoms with Gasteiger partial charge in [-0.1, -0.05) is 264 Å². The Hall–Kier alpha value is -1.85. The highest BCUT2D eigenvalue weighted by atomic mass is 16.6. The van der Waals surface area contributed by atoms with Crippen molar-refractivity contribution in [2.24, 2.45) is 0 Å². The summed E-state index contributed by atoms with van der Waals surface area (Å²) in [5.41, 5.74) is 0. The van der Waals surface area contributed by atoms with Gasteiger partial charge in [0.15, 0.2) is 6.10 Å². The molecule has 0 radical (unpaired) electrons. The summed E-state index contributed by atoms with van der Waals surface area (Å²) >= 11 is 0. The third kappa shape index (κ3) is 51.0. The molecule has 0 aromatic rings. The van der Waals surface area contributed by atoms with Crippen molar-refractivity contribution in [1.82, 2.24) is 0 Å². The van der Waals surface area contributed by atoms with Crippen molar-refractivity contribution in [2.75, 3.05) is 13.2 Å². The zero-order valence-electron chi connectivity index (χ0n) is 42.6. The van der Waals surface area contributed by atoms with Crippen molar-refractivity contribution >= 4 is 17.9 Å². The highest BCUT2D eigenvalue weighted by Gasteiger charge is 2.19. The number of hydrogen-bond donors (Lipinski definition) is 0. The van der Waals surface area contributed by atoms with Crippen molar-refractivity contribution in [3.8, 4) is 0 Å². The maximum absolute atomic E-state index is 12.8. The molecule has 0 bridgehead atoms. The quantitative estimate of drug-likeness (QED) is 0.0262. The van der Waals surface area contributed by atoms with Crippen molar-refractivity contribution in [3.63, 3.8) is 0 Å². The van der Waals surface area contributed by atoms with Crippen LogP contribution in [0.25, 0.3) is 0 Å². The standard InChI is InChI=1S/C57H108O6/c1-4-7-10-13-16-19-22-24-26-27-28-29-31-33-36-38-41-44-47-50-56(59)62-53-54(63-57(60)51-48-45-42-39-34-21-18-15-12-9-6-3)52-61-55(58)49-46-43-40-37-35-32-30-25-23-20-17-14-11-8-5-2/h24,26,54H,4-23,25,27-53H2,1-3H3/b26-24-/t54-/m0/s1. The zero-order chi connectivity index (χ0) is 45.8. The van der Waals surface area contributed by atoms with Gasteiger partial charge in [-0.05, 0) is 44.9 Å². The predicted molar refractivity (Wildman–Crippen MR) is 270 cm³/mol. The van der Waals surface area contributed by atoms with Gasteiger partial charge in [-0.3, -0.25) is 14.4 Å². The van der Waals surface area contributed by atoms with Gasteiger partial charge in [0.2, 0.25) is 0 Å². The molecule has 0 unspecified atom stereocenters. The van der Waals surface area contributed by atoms with E-state index in [-0.39, 0.29) is 31.1 Å². The van der Waals surface area contributed by atoms with E-state index in [2.05, 4.69) is 32.9 Å². The summed E-state index contributed by atoms with van der Waals surface area (Å²) < 4.78 is 16.8. The normalized spacial score (nSPS) is 12.0. The molecule has 0 aliphatic heterocycles. The van der Waals surface area contributed by atoms with Gasteiger partial charge in [-0.2, -0.15) is 0 Å². The number of carbonyl (C=O) groups is 3. The third-order valence-electron chi connectivity index (χ3n) is 12.8. The van der Waals surface area contributed by atoms with Crippen LogP contribution in [0.5, 0.6) is 0 Å². The molecular weight excluding hydrogens is 781 g/mol. The largest absolute Gasteiger partial charge is 0.462 e. The van der Waals surface area contributed by atoms with E-state index in [1.807, 2.05) is 0 Å². The highest BCUT2D eigenvalue weighted by Crippen LogP contribution is 2.17. The van der Waals surface area contributed by atoms with Crippen LogP contribution in [0.4, 0.5) is 0 Å². The van der Waals surface area contributed by atoms with Gasteiger partial charge in [-0.15, -0.1) is 0 Å². The van der Waals surface area contributed by atoms with E-state index in [0.29, 0.717) is 19.3 Å². The molecule has 6 nitrogen and oxygen atoms in total. The number of allylic oxidation sites excluding steroid dienone is 2. The van der Waals surface area contributed by atoms with Crippen LogP contribution in [0.15, 0.2) is 12.2 Å². The first-order valence-electron chi connectivity index (χ1n) is 28.2. The number of ether oxygens (including phenoxy) is 3. The predicted octanol–water partition coefficient (Wildman–Crippen LogP) is 18.5. The lowest BCUT2D eigenvalue weighted by Gasteiger charge is -2.18. The van der Waals surface area contributed by atoms with Crippen molar-refractivity contribution in [3.05, 3.63) is 12.2 Å². The summed E-state index contributed by atoms with van der Waals surface area (Å²) in [6.07, 6.45) is 59.1. The molecule has 0 rings (SSSR count). The number of esters is 3. The van der Waals surface area contributed by atoms with E-state index in [4.69, 9.17) is 14.2 Å². The van der Waals surface area contributed by atoms with Gasteiger partial charge in [0, 0.05) is 19.3 Å². The lowest BCUT2D eigenvalue weighted by atomic mass is 10.0. The third-order valence-corrected chi connectivity index (χ3v) is 12.8. The second kappa shape index (κ2) is 52.8. The average Bonchev–Trinajstić information content (AvgIpc) is 3.28. The smallest absolute Gasteiger partial charge is 0.306 e. The molecule has 0 N–H and O–H groups in total. The Bertz CT molecular complexity index is 978. The Morgan fingerprint density at radius 1 is 0.302 bits per heavy atom. The first-order chi connectivity index (χ1) is 31.0. The lowest BCUT2D eigenvalue weighted by molar-refractivity contribution is -0.167. The van der Waals surface area contributed by atoms with E-state index in [1.165, 1.54) is 218 Å². The minimum atomic E-state index is -0.764. The zero-order valence-corrected chi connectivity index (χ0v) is 42.6. The van der Waals surface area contributed by atoms with Gasteiger partial charge in [0.25, 0.3) is 0 Å². The monoisotopic (exact) mass is 889 g/mol. The molecule has 6 heteroatoms. The van der Waals surface area contributed by atoms with Gasteiger partial charge in [0.1, 0.15) is 13.2 Å². The number of carbonyl (C=O) groups excluding carboxylic acids is 3. The Balaban J connectivity index is 4.25. The Labute approximate surface area is 392 Å². The molecule has 0 amide bonds. The van der Waals surface area contributed by atoms with E-state index in [0.717, 1.165) is 57.8 Å². The SMILES string of the molecule is CCCCCCCC/C=C\CCCCCCCCCCCC(=O)OC[C@H](COC(=O)CCCCCCCCCCCCCCCCC)OC(=O)CCCCCCCCCCCCC. The number of unbranched alkanes of at least 4 members (excludes halogenated alkanes) is 39. The number of hydrogen-bond acceptors (Lipinski definition) is 6. The highest BCUT2D eigenvalue weighted by molar-refractivity contribution is 5.71. The summed E-state index contributed by atoms with van der Waals surface area (Å²) in [7, 11) is 0. The second-order valence-corrected chi connectivity index (χ2v) is 19.2. The van der Waals surface area contributed by atoms with Crippen LogP contribution in [0.1, 0.15) is 316 Å². The van der Waals surface area contributed by atoms with E-state index < -0.39 is 6.10 Å². The fourth-order valence-electron chi connectivity index (χ4n) is 8.50. The van der Waals surface area contributed by atoms with Crippen LogP contribution < -0.4 is 0 Å². The molecule has 372 valence electrons. The molecule has 0 aliphatic rings. The summed E-state index contributed by atoms with van der Waals surface area (Å²) in [6, 6.07) is 0. The average molecular weight is 889 g/mol. The van der Waals surface area contributed by atoms with Gasteiger partial charge < -0.3 is 14.2 Å². The van der Waals surface area contributed by atoms with Crippen molar-refractivity contribution in [1.29, 1.82) is 0 Å². The van der Waals surface area contributed by atoms with Crippen molar-refractivity contribution < 1.29 is 28.6 Å². The van der Waals surface area contributed by atoms with Crippen LogP contribution in [-0.2, 0) is 28.6 Å².